The van der Waals surface area contributed by atoms with Gasteiger partial charge in [0.25, 0.3) is 0 Å². The molecule has 3 nitrogen and oxygen atoms in total. The number of ether oxygens (including phenoxy) is 1. The highest BCUT2D eigenvalue weighted by atomic mass is 19.2. The number of aliphatic hydroxyl groups excluding tert-OH is 1. The van der Waals surface area contributed by atoms with Crippen molar-refractivity contribution in [1.29, 1.82) is 0 Å². The van der Waals surface area contributed by atoms with Crippen LogP contribution >= 0.6 is 0 Å². The minimum Gasteiger partial charge on any atom is -0.392 e. The maximum Gasteiger partial charge on any atom is 0.159 e. The van der Waals surface area contributed by atoms with Gasteiger partial charge in [0.1, 0.15) is 0 Å². The molecular formula is C18H19F2NO2. The van der Waals surface area contributed by atoms with Gasteiger partial charge in [-0.2, -0.15) is 0 Å². The largest absolute Gasteiger partial charge is 0.392 e. The van der Waals surface area contributed by atoms with Crippen LogP contribution in [0, 0.1) is 11.6 Å². The van der Waals surface area contributed by atoms with Gasteiger partial charge >= 0.3 is 0 Å². The van der Waals surface area contributed by atoms with Crippen molar-refractivity contribution >= 4 is 0 Å². The number of nitrogens with zero attached hydrogens (tertiary/aromatic N) is 1. The summed E-state index contributed by atoms with van der Waals surface area (Å²) in [5, 5.41) is 9.07. The molecule has 0 spiro atoms. The molecule has 1 unspecified atom stereocenters. The predicted octanol–water partition coefficient (Wildman–Crippen LogP) is 3.03. The van der Waals surface area contributed by atoms with E-state index >= 15 is 0 Å². The predicted molar refractivity (Wildman–Crippen MR) is 82.7 cm³/mol. The SMILES string of the molecule is OCc1ccc(CN2CCOC(c3ccc(F)c(F)c3)C2)cc1. The summed E-state index contributed by atoms with van der Waals surface area (Å²) in [6.07, 6.45) is -0.254. The maximum absolute atomic E-state index is 13.4. The van der Waals surface area contributed by atoms with Gasteiger partial charge in [-0.15, -0.1) is 0 Å². The average molecular weight is 319 g/mol. The number of aliphatic hydroxyl groups is 1. The van der Waals surface area contributed by atoms with E-state index in [1.807, 2.05) is 24.3 Å². The summed E-state index contributed by atoms with van der Waals surface area (Å²) in [4.78, 5) is 2.23. The molecule has 0 aliphatic carbocycles. The molecule has 1 aliphatic heterocycles. The molecule has 1 heterocycles. The first-order valence-electron chi connectivity index (χ1n) is 7.63. The quantitative estimate of drug-likeness (QED) is 0.940. The lowest BCUT2D eigenvalue weighted by Crippen LogP contribution is -2.37. The van der Waals surface area contributed by atoms with Crippen molar-refractivity contribution in [3.8, 4) is 0 Å². The Morgan fingerprint density at radius 2 is 1.78 bits per heavy atom. The highest BCUT2D eigenvalue weighted by Crippen LogP contribution is 2.24. The van der Waals surface area contributed by atoms with E-state index in [4.69, 9.17) is 9.84 Å². The van der Waals surface area contributed by atoms with Crippen LogP contribution in [0.25, 0.3) is 0 Å². The Morgan fingerprint density at radius 1 is 1.04 bits per heavy atom. The van der Waals surface area contributed by atoms with Crippen molar-refractivity contribution in [3.05, 3.63) is 70.8 Å². The van der Waals surface area contributed by atoms with E-state index in [2.05, 4.69) is 4.90 Å². The molecule has 2 aromatic carbocycles. The number of hydrogen-bond acceptors (Lipinski definition) is 3. The standard InChI is InChI=1S/C18H19F2NO2/c19-16-6-5-15(9-17(16)20)18-11-21(7-8-23-18)10-13-1-3-14(12-22)4-2-13/h1-6,9,18,22H,7-8,10-12H2. The van der Waals surface area contributed by atoms with Crippen molar-refractivity contribution in [2.75, 3.05) is 19.7 Å². The molecule has 5 heteroatoms. The van der Waals surface area contributed by atoms with Crippen LogP contribution in [0.15, 0.2) is 42.5 Å². The lowest BCUT2D eigenvalue weighted by Gasteiger charge is -2.33. The van der Waals surface area contributed by atoms with Crippen LogP contribution in [0.4, 0.5) is 8.78 Å². The molecule has 1 fully saturated rings. The summed E-state index contributed by atoms with van der Waals surface area (Å²) in [6, 6.07) is 11.7. The Hall–Kier alpha value is -1.82. The van der Waals surface area contributed by atoms with Gasteiger partial charge in [0.15, 0.2) is 11.6 Å². The third-order valence-corrected chi connectivity index (χ3v) is 4.08. The molecule has 1 aliphatic rings. The zero-order valence-corrected chi connectivity index (χ0v) is 12.7. The Balaban J connectivity index is 1.66. The van der Waals surface area contributed by atoms with Crippen LogP contribution in [0.1, 0.15) is 22.8 Å². The average Bonchev–Trinajstić information content (AvgIpc) is 2.58. The van der Waals surface area contributed by atoms with E-state index in [-0.39, 0.29) is 12.7 Å². The van der Waals surface area contributed by atoms with Gasteiger partial charge in [0.2, 0.25) is 0 Å². The fourth-order valence-electron chi connectivity index (χ4n) is 2.77. The van der Waals surface area contributed by atoms with Gasteiger partial charge in [-0.25, -0.2) is 8.78 Å². The first kappa shape index (κ1) is 16.1. The molecule has 23 heavy (non-hydrogen) atoms. The smallest absolute Gasteiger partial charge is 0.159 e. The summed E-state index contributed by atoms with van der Waals surface area (Å²) in [5.74, 6) is -1.69. The molecule has 1 saturated heterocycles. The van der Waals surface area contributed by atoms with Crippen molar-refractivity contribution in [2.45, 2.75) is 19.3 Å². The molecule has 0 radical (unpaired) electrons. The highest BCUT2D eigenvalue weighted by molar-refractivity contribution is 5.23. The second-order valence-corrected chi connectivity index (χ2v) is 5.74. The summed E-state index contributed by atoms with van der Waals surface area (Å²) in [7, 11) is 0. The normalized spacial score (nSPS) is 19.0. The molecular weight excluding hydrogens is 300 g/mol. The van der Waals surface area contributed by atoms with Crippen molar-refractivity contribution in [1.82, 2.24) is 4.90 Å². The molecule has 1 atom stereocenters. The summed E-state index contributed by atoms with van der Waals surface area (Å²) < 4.78 is 32.1. The van der Waals surface area contributed by atoms with E-state index in [1.54, 1.807) is 6.07 Å². The molecule has 2 aromatic rings. The van der Waals surface area contributed by atoms with Crippen LogP contribution in [-0.2, 0) is 17.9 Å². The number of halogens is 2. The monoisotopic (exact) mass is 319 g/mol. The first-order chi connectivity index (χ1) is 11.2. The zero-order chi connectivity index (χ0) is 16.2. The summed E-state index contributed by atoms with van der Waals surface area (Å²) >= 11 is 0. The molecule has 0 bridgehead atoms. The molecule has 3 rings (SSSR count). The molecule has 1 N–H and O–H groups in total. The maximum atomic E-state index is 13.4. The van der Waals surface area contributed by atoms with Gasteiger partial charge in [0.05, 0.1) is 19.3 Å². The van der Waals surface area contributed by atoms with E-state index in [0.717, 1.165) is 30.3 Å². The van der Waals surface area contributed by atoms with Crippen molar-refractivity contribution in [3.63, 3.8) is 0 Å². The fraction of sp³-hybridized carbons (Fsp3) is 0.333. The van der Waals surface area contributed by atoms with Crippen molar-refractivity contribution in [2.24, 2.45) is 0 Å². The Bertz CT molecular complexity index is 661. The van der Waals surface area contributed by atoms with Gasteiger partial charge in [-0.3, -0.25) is 4.90 Å². The van der Waals surface area contributed by atoms with E-state index in [9.17, 15) is 8.78 Å². The number of rotatable bonds is 4. The van der Waals surface area contributed by atoms with E-state index in [1.165, 1.54) is 6.07 Å². The van der Waals surface area contributed by atoms with Crippen LogP contribution in [-0.4, -0.2) is 29.7 Å². The third-order valence-electron chi connectivity index (χ3n) is 4.08. The van der Waals surface area contributed by atoms with E-state index < -0.39 is 11.6 Å². The van der Waals surface area contributed by atoms with Gasteiger partial charge in [0, 0.05) is 19.6 Å². The van der Waals surface area contributed by atoms with Crippen LogP contribution in [0.5, 0.6) is 0 Å². The Labute approximate surface area is 134 Å². The minimum atomic E-state index is -0.845. The lowest BCUT2D eigenvalue weighted by atomic mass is 10.1. The van der Waals surface area contributed by atoms with E-state index in [0.29, 0.717) is 18.7 Å². The summed E-state index contributed by atoms with van der Waals surface area (Å²) in [5.41, 5.74) is 2.69. The topological polar surface area (TPSA) is 32.7 Å². The van der Waals surface area contributed by atoms with Crippen molar-refractivity contribution < 1.29 is 18.6 Å². The number of hydrogen-bond donors (Lipinski definition) is 1. The molecule has 0 aromatic heterocycles. The van der Waals surface area contributed by atoms with Crippen LogP contribution < -0.4 is 0 Å². The Morgan fingerprint density at radius 3 is 2.48 bits per heavy atom. The molecule has 0 amide bonds. The molecule has 122 valence electrons. The van der Waals surface area contributed by atoms with Crippen LogP contribution in [0.2, 0.25) is 0 Å². The second kappa shape index (κ2) is 7.17. The first-order valence-corrected chi connectivity index (χ1v) is 7.63. The van der Waals surface area contributed by atoms with Gasteiger partial charge in [-0.05, 0) is 28.8 Å². The minimum absolute atomic E-state index is 0.0377. The van der Waals surface area contributed by atoms with Gasteiger partial charge in [-0.1, -0.05) is 30.3 Å². The summed E-state index contributed by atoms with van der Waals surface area (Å²) in [6.45, 7) is 2.78. The van der Waals surface area contributed by atoms with Gasteiger partial charge < -0.3 is 9.84 Å². The highest BCUT2D eigenvalue weighted by Gasteiger charge is 2.23. The third kappa shape index (κ3) is 3.93. The molecule has 0 saturated carbocycles. The number of morpholine rings is 1. The Kier molecular flexibility index (Phi) is 5.00. The fourth-order valence-corrected chi connectivity index (χ4v) is 2.77. The lowest BCUT2D eigenvalue weighted by molar-refractivity contribution is -0.0330. The number of benzene rings is 2. The van der Waals surface area contributed by atoms with Crippen LogP contribution in [0.3, 0.4) is 0 Å². The zero-order valence-electron chi connectivity index (χ0n) is 12.7. The second-order valence-electron chi connectivity index (χ2n) is 5.74.